The van der Waals surface area contributed by atoms with Crippen LogP contribution in [0.1, 0.15) is 17.5 Å². The van der Waals surface area contributed by atoms with Crippen LogP contribution in [-0.2, 0) is 6.18 Å². The minimum Gasteiger partial charge on any atom is -0.356 e. The molecule has 0 spiro atoms. The Morgan fingerprint density at radius 2 is 1.67 bits per heavy atom. The van der Waals surface area contributed by atoms with Gasteiger partial charge in [-0.15, -0.1) is 0 Å². The number of rotatable bonds is 3. The first kappa shape index (κ1) is 19.7. The van der Waals surface area contributed by atoms with Gasteiger partial charge in [-0.3, -0.25) is 4.99 Å². The van der Waals surface area contributed by atoms with E-state index in [-0.39, 0.29) is 19.0 Å². The second-order valence-corrected chi connectivity index (χ2v) is 4.59. The summed E-state index contributed by atoms with van der Waals surface area (Å²) in [6, 6.07) is 4.34. The zero-order valence-corrected chi connectivity index (χ0v) is 12.6. The van der Waals surface area contributed by atoms with Crippen molar-refractivity contribution in [3.05, 3.63) is 35.4 Å². The van der Waals surface area contributed by atoms with Crippen molar-refractivity contribution in [1.82, 2.24) is 10.6 Å². The molecule has 0 amide bonds. The van der Waals surface area contributed by atoms with Crippen LogP contribution in [0.15, 0.2) is 29.3 Å². The summed E-state index contributed by atoms with van der Waals surface area (Å²) in [5.74, 6) is 5.44. The highest BCUT2D eigenvalue weighted by atomic mass is 19.4. The van der Waals surface area contributed by atoms with Crippen LogP contribution in [0.5, 0.6) is 0 Å². The van der Waals surface area contributed by atoms with E-state index in [2.05, 4.69) is 27.5 Å². The van der Waals surface area contributed by atoms with Crippen LogP contribution in [0, 0.1) is 11.8 Å². The largest absolute Gasteiger partial charge is 0.416 e. The fraction of sp³-hybridized carbons (Fsp3) is 0.400. The van der Waals surface area contributed by atoms with E-state index in [1.54, 1.807) is 0 Å². The number of halogens is 6. The monoisotopic (exact) mass is 351 g/mol. The van der Waals surface area contributed by atoms with Crippen molar-refractivity contribution in [1.29, 1.82) is 0 Å². The highest BCUT2D eigenvalue weighted by Gasteiger charge is 2.29. The molecule has 0 heterocycles. The molecular formula is C15H15F6N3. The number of benzene rings is 1. The lowest BCUT2D eigenvalue weighted by atomic mass is 10.1. The highest BCUT2D eigenvalue weighted by molar-refractivity contribution is 5.79. The predicted octanol–water partition coefficient (Wildman–Crippen LogP) is 3.17. The molecule has 0 radical (unpaired) electrons. The van der Waals surface area contributed by atoms with Crippen molar-refractivity contribution in [3.8, 4) is 11.8 Å². The van der Waals surface area contributed by atoms with Crippen molar-refractivity contribution < 1.29 is 26.3 Å². The third-order valence-electron chi connectivity index (χ3n) is 2.71. The molecule has 0 saturated heterocycles. The van der Waals surface area contributed by atoms with Gasteiger partial charge >= 0.3 is 12.4 Å². The first-order chi connectivity index (χ1) is 11.1. The first-order valence-electron chi connectivity index (χ1n) is 6.79. The van der Waals surface area contributed by atoms with Crippen molar-refractivity contribution in [2.24, 2.45) is 4.99 Å². The normalized spacial score (nSPS) is 12.4. The number of nitrogens with one attached hydrogen (secondary N) is 2. The minimum absolute atomic E-state index is 0.0761. The summed E-state index contributed by atoms with van der Waals surface area (Å²) in [4.78, 5) is 3.73. The molecule has 0 bridgehead atoms. The summed E-state index contributed by atoms with van der Waals surface area (Å²) < 4.78 is 73.2. The number of guanidine groups is 1. The molecule has 2 N–H and O–H groups in total. The van der Waals surface area contributed by atoms with Crippen LogP contribution in [0.3, 0.4) is 0 Å². The van der Waals surface area contributed by atoms with Crippen LogP contribution >= 0.6 is 0 Å². The van der Waals surface area contributed by atoms with E-state index in [4.69, 9.17) is 0 Å². The Kier molecular flexibility index (Phi) is 6.95. The van der Waals surface area contributed by atoms with E-state index in [1.165, 1.54) is 19.2 Å². The second-order valence-electron chi connectivity index (χ2n) is 4.59. The minimum atomic E-state index is -4.40. The second kappa shape index (κ2) is 8.47. The number of alkyl halides is 6. The Morgan fingerprint density at radius 1 is 1.04 bits per heavy atom. The quantitative estimate of drug-likeness (QED) is 0.380. The van der Waals surface area contributed by atoms with Crippen molar-refractivity contribution in [2.75, 3.05) is 20.1 Å². The summed E-state index contributed by atoms with van der Waals surface area (Å²) in [5.41, 5.74) is -0.370. The van der Waals surface area contributed by atoms with Gasteiger partial charge in [0.2, 0.25) is 0 Å². The Hall–Kier alpha value is -2.37. The van der Waals surface area contributed by atoms with Gasteiger partial charge in [0.05, 0.1) is 18.5 Å². The van der Waals surface area contributed by atoms with Crippen LogP contribution in [0.4, 0.5) is 26.3 Å². The third kappa shape index (κ3) is 7.76. The maximum absolute atomic E-state index is 12.4. The summed E-state index contributed by atoms with van der Waals surface area (Å²) in [7, 11) is 1.40. The molecule has 132 valence electrons. The summed E-state index contributed by atoms with van der Waals surface area (Å²) in [6.07, 6.45) is -9.65. The molecule has 0 aliphatic heterocycles. The Balaban J connectivity index is 2.45. The van der Waals surface area contributed by atoms with E-state index >= 15 is 0 Å². The number of hydrogen-bond acceptors (Lipinski definition) is 1. The average molecular weight is 351 g/mol. The fourth-order valence-corrected chi connectivity index (χ4v) is 1.56. The molecule has 0 atom stereocenters. The molecular weight excluding hydrogens is 336 g/mol. The zero-order chi connectivity index (χ0) is 18.2. The van der Waals surface area contributed by atoms with Gasteiger partial charge in [0.15, 0.2) is 5.96 Å². The van der Waals surface area contributed by atoms with E-state index in [9.17, 15) is 26.3 Å². The van der Waals surface area contributed by atoms with Gasteiger partial charge in [-0.25, -0.2) is 0 Å². The van der Waals surface area contributed by atoms with Gasteiger partial charge in [-0.05, 0) is 24.3 Å². The average Bonchev–Trinajstić information content (AvgIpc) is 2.48. The standard InChI is InChI=1S/C15H15F6N3/c1-22-13(24-10-8-14(16,17)18)23-9-2-3-11-4-6-12(7-5-11)15(19,20)21/h4-7H,8-10H2,1H3,(H2,22,23,24). The molecule has 24 heavy (non-hydrogen) atoms. The van der Waals surface area contributed by atoms with Gasteiger partial charge in [-0.1, -0.05) is 11.8 Å². The molecule has 1 aromatic rings. The zero-order valence-electron chi connectivity index (χ0n) is 12.6. The van der Waals surface area contributed by atoms with Crippen molar-refractivity contribution in [2.45, 2.75) is 18.8 Å². The van der Waals surface area contributed by atoms with Crippen molar-refractivity contribution in [3.63, 3.8) is 0 Å². The highest BCUT2D eigenvalue weighted by Crippen LogP contribution is 2.28. The lowest BCUT2D eigenvalue weighted by molar-refractivity contribution is -0.137. The molecule has 9 heteroatoms. The van der Waals surface area contributed by atoms with Crippen LogP contribution in [-0.4, -0.2) is 32.3 Å². The molecule has 0 fully saturated rings. The summed E-state index contributed by atoms with van der Waals surface area (Å²) in [5, 5.41) is 5.15. The van der Waals surface area contributed by atoms with Crippen LogP contribution < -0.4 is 10.6 Å². The SMILES string of the molecule is CN=C(NCC#Cc1ccc(C(F)(F)F)cc1)NCCC(F)(F)F. The number of hydrogen-bond donors (Lipinski definition) is 2. The number of nitrogens with zero attached hydrogens (tertiary/aromatic N) is 1. The Bertz CT molecular complexity index is 605. The van der Waals surface area contributed by atoms with Crippen molar-refractivity contribution >= 4 is 5.96 Å². The first-order valence-corrected chi connectivity index (χ1v) is 6.79. The molecule has 0 aliphatic rings. The lowest BCUT2D eigenvalue weighted by Gasteiger charge is -2.11. The Labute approximate surface area is 135 Å². The Morgan fingerprint density at radius 3 is 2.17 bits per heavy atom. The number of aliphatic imine (C=N–C) groups is 1. The van der Waals surface area contributed by atoms with Gasteiger partial charge in [0.1, 0.15) is 0 Å². The third-order valence-corrected chi connectivity index (χ3v) is 2.71. The van der Waals surface area contributed by atoms with Gasteiger partial charge < -0.3 is 10.6 Å². The maximum atomic E-state index is 12.4. The molecule has 3 nitrogen and oxygen atoms in total. The molecule has 1 rings (SSSR count). The van der Waals surface area contributed by atoms with Gasteiger partial charge in [0, 0.05) is 19.2 Å². The smallest absolute Gasteiger partial charge is 0.356 e. The molecule has 1 aromatic carbocycles. The maximum Gasteiger partial charge on any atom is 0.416 e. The molecule has 0 unspecified atom stereocenters. The summed E-state index contributed by atoms with van der Waals surface area (Å²) >= 11 is 0. The fourth-order valence-electron chi connectivity index (χ4n) is 1.56. The van der Waals surface area contributed by atoms with E-state index < -0.39 is 24.3 Å². The van der Waals surface area contributed by atoms with Crippen LogP contribution in [0.25, 0.3) is 0 Å². The lowest BCUT2D eigenvalue weighted by Crippen LogP contribution is -2.39. The topological polar surface area (TPSA) is 36.4 Å². The van der Waals surface area contributed by atoms with Gasteiger partial charge in [-0.2, -0.15) is 26.3 Å². The molecule has 0 saturated carbocycles. The van der Waals surface area contributed by atoms with Crippen LogP contribution in [0.2, 0.25) is 0 Å². The predicted molar refractivity (Wildman–Crippen MR) is 78.4 cm³/mol. The van der Waals surface area contributed by atoms with Gasteiger partial charge in [0.25, 0.3) is 0 Å². The summed E-state index contributed by atoms with van der Waals surface area (Å²) in [6.45, 7) is -0.248. The molecule has 0 aromatic heterocycles. The van der Waals surface area contributed by atoms with E-state index in [0.29, 0.717) is 5.56 Å². The molecule has 0 aliphatic carbocycles. The van der Waals surface area contributed by atoms with E-state index in [1.807, 2.05) is 0 Å². The van der Waals surface area contributed by atoms with E-state index in [0.717, 1.165) is 12.1 Å².